The Morgan fingerprint density at radius 1 is 1.50 bits per heavy atom. The standard InChI is InChI=1S/C13H19N5O4/c1-15-13(14)17-12-9(3-19)16-6-18(12)8-2-10-11(21-4-8)5-20-7-22-10/h3,6,8,10-11H,2,4-5,7H2,1H3,(H3,14,15,17). The van der Waals surface area contributed by atoms with E-state index in [9.17, 15) is 4.79 Å². The molecular formula is C13H19N5O4. The number of carbonyl (C=O) groups is 1. The molecule has 3 atom stereocenters. The Hall–Kier alpha value is -1.97. The van der Waals surface area contributed by atoms with Crippen molar-refractivity contribution >= 4 is 18.1 Å². The van der Waals surface area contributed by atoms with E-state index in [1.54, 1.807) is 13.4 Å². The van der Waals surface area contributed by atoms with Gasteiger partial charge in [0.1, 0.15) is 24.4 Å². The second-order valence-corrected chi connectivity index (χ2v) is 5.19. The molecule has 2 aliphatic heterocycles. The number of aromatic nitrogens is 2. The number of ether oxygens (including phenoxy) is 3. The lowest BCUT2D eigenvalue weighted by atomic mass is 10.0. The molecular weight excluding hydrogens is 290 g/mol. The summed E-state index contributed by atoms with van der Waals surface area (Å²) in [7, 11) is 1.56. The lowest BCUT2D eigenvalue weighted by Gasteiger charge is -2.39. The highest BCUT2D eigenvalue weighted by molar-refractivity contribution is 5.95. The molecule has 2 saturated heterocycles. The minimum absolute atomic E-state index is 0.00675. The maximum absolute atomic E-state index is 11.2. The Bertz CT molecular complexity index is 573. The summed E-state index contributed by atoms with van der Waals surface area (Å²) in [6.45, 7) is 1.31. The molecule has 3 unspecified atom stereocenters. The highest BCUT2D eigenvalue weighted by Crippen LogP contribution is 2.31. The van der Waals surface area contributed by atoms with E-state index in [-0.39, 0.29) is 36.7 Å². The van der Waals surface area contributed by atoms with E-state index >= 15 is 0 Å². The number of fused-ring (bicyclic) bond motifs is 1. The zero-order chi connectivity index (χ0) is 15.5. The largest absolute Gasteiger partial charge is 0.371 e. The lowest BCUT2D eigenvalue weighted by Crippen LogP contribution is -2.47. The van der Waals surface area contributed by atoms with E-state index in [1.165, 1.54) is 0 Å². The average molecular weight is 309 g/mol. The van der Waals surface area contributed by atoms with Crippen molar-refractivity contribution < 1.29 is 19.0 Å². The van der Waals surface area contributed by atoms with Crippen LogP contribution in [0.3, 0.4) is 0 Å². The van der Waals surface area contributed by atoms with Gasteiger partial charge in [0, 0.05) is 7.05 Å². The summed E-state index contributed by atoms with van der Waals surface area (Å²) in [6.07, 6.45) is 2.96. The fraction of sp³-hybridized carbons (Fsp3) is 0.615. The van der Waals surface area contributed by atoms with Gasteiger partial charge in [0.25, 0.3) is 0 Å². The molecule has 120 valence electrons. The van der Waals surface area contributed by atoms with Gasteiger partial charge in [-0.15, -0.1) is 0 Å². The summed E-state index contributed by atoms with van der Waals surface area (Å²) in [6, 6.07) is -0.00675. The Morgan fingerprint density at radius 3 is 3.14 bits per heavy atom. The first-order valence-electron chi connectivity index (χ1n) is 7.05. The van der Waals surface area contributed by atoms with Gasteiger partial charge in [-0.25, -0.2) is 4.98 Å². The molecule has 0 aliphatic carbocycles. The van der Waals surface area contributed by atoms with Gasteiger partial charge in [-0.2, -0.15) is 0 Å². The summed E-state index contributed by atoms with van der Waals surface area (Å²) in [5, 5.41) is 2.90. The maximum Gasteiger partial charge on any atom is 0.194 e. The topological polar surface area (TPSA) is 113 Å². The molecule has 0 amide bonds. The fourth-order valence-electron chi connectivity index (χ4n) is 2.70. The van der Waals surface area contributed by atoms with Crippen LogP contribution in [0, 0.1) is 0 Å². The highest BCUT2D eigenvalue weighted by Gasteiger charge is 2.36. The smallest absolute Gasteiger partial charge is 0.194 e. The lowest BCUT2D eigenvalue weighted by molar-refractivity contribution is -0.231. The minimum Gasteiger partial charge on any atom is -0.371 e. The van der Waals surface area contributed by atoms with Gasteiger partial charge >= 0.3 is 0 Å². The monoisotopic (exact) mass is 309 g/mol. The van der Waals surface area contributed by atoms with Gasteiger partial charge in [0.05, 0.1) is 31.7 Å². The zero-order valence-corrected chi connectivity index (χ0v) is 12.3. The van der Waals surface area contributed by atoms with Crippen molar-refractivity contribution in [1.29, 1.82) is 0 Å². The van der Waals surface area contributed by atoms with E-state index in [2.05, 4.69) is 15.3 Å². The van der Waals surface area contributed by atoms with Crippen LogP contribution < -0.4 is 11.1 Å². The van der Waals surface area contributed by atoms with Crippen LogP contribution in [0.2, 0.25) is 0 Å². The van der Waals surface area contributed by atoms with E-state index < -0.39 is 0 Å². The molecule has 1 aromatic rings. The molecule has 0 spiro atoms. The average Bonchev–Trinajstić information content (AvgIpc) is 2.96. The number of imidazole rings is 1. The Balaban J connectivity index is 1.82. The normalized spacial score (nSPS) is 29.0. The SMILES string of the molecule is CN=C(N)Nc1c(C=O)ncn1C1COC2COCOC2C1. The third-order valence-corrected chi connectivity index (χ3v) is 3.88. The molecule has 0 radical (unpaired) electrons. The third-order valence-electron chi connectivity index (χ3n) is 3.88. The third kappa shape index (κ3) is 2.82. The van der Waals surface area contributed by atoms with Crippen LogP contribution in [0.15, 0.2) is 11.3 Å². The molecule has 2 aliphatic rings. The van der Waals surface area contributed by atoms with Crippen molar-refractivity contribution in [3.63, 3.8) is 0 Å². The molecule has 3 N–H and O–H groups in total. The number of anilines is 1. The molecule has 1 aromatic heterocycles. The first-order chi connectivity index (χ1) is 10.7. The summed E-state index contributed by atoms with van der Waals surface area (Å²) < 4.78 is 18.5. The Morgan fingerprint density at radius 2 is 2.36 bits per heavy atom. The predicted molar refractivity (Wildman–Crippen MR) is 77.9 cm³/mol. The molecule has 2 fully saturated rings. The van der Waals surface area contributed by atoms with Crippen molar-refractivity contribution in [3.05, 3.63) is 12.0 Å². The molecule has 0 bridgehead atoms. The van der Waals surface area contributed by atoms with Crippen LogP contribution in [0.1, 0.15) is 23.0 Å². The Kier molecular flexibility index (Phi) is 4.36. The molecule has 3 heterocycles. The van der Waals surface area contributed by atoms with Crippen molar-refractivity contribution in [2.75, 3.05) is 32.4 Å². The number of aliphatic imine (C=N–C) groups is 1. The highest BCUT2D eigenvalue weighted by atomic mass is 16.7. The first kappa shape index (κ1) is 14.9. The first-order valence-corrected chi connectivity index (χ1v) is 7.05. The van der Waals surface area contributed by atoms with Crippen molar-refractivity contribution in [3.8, 4) is 0 Å². The molecule has 22 heavy (non-hydrogen) atoms. The van der Waals surface area contributed by atoms with Gasteiger partial charge in [-0.05, 0) is 6.42 Å². The van der Waals surface area contributed by atoms with Crippen LogP contribution >= 0.6 is 0 Å². The Labute approximate surface area is 127 Å². The predicted octanol–water partition coefficient (Wildman–Crippen LogP) is -0.245. The van der Waals surface area contributed by atoms with Gasteiger partial charge in [0.2, 0.25) is 0 Å². The minimum atomic E-state index is -0.0438. The second kappa shape index (κ2) is 6.42. The summed E-state index contributed by atoms with van der Waals surface area (Å²) in [5.74, 6) is 0.721. The molecule has 9 heteroatoms. The van der Waals surface area contributed by atoms with E-state index in [4.69, 9.17) is 19.9 Å². The van der Waals surface area contributed by atoms with Crippen molar-refractivity contribution in [1.82, 2.24) is 9.55 Å². The second-order valence-electron chi connectivity index (χ2n) is 5.19. The molecule has 3 rings (SSSR count). The zero-order valence-electron chi connectivity index (χ0n) is 12.3. The van der Waals surface area contributed by atoms with Crippen molar-refractivity contribution in [2.45, 2.75) is 24.7 Å². The van der Waals surface area contributed by atoms with Crippen molar-refractivity contribution in [2.24, 2.45) is 10.7 Å². The number of aldehydes is 1. The van der Waals surface area contributed by atoms with Crippen LogP contribution in [0.5, 0.6) is 0 Å². The summed E-state index contributed by atoms with van der Waals surface area (Å²) in [4.78, 5) is 19.1. The number of nitrogens with two attached hydrogens (primary N) is 1. The van der Waals surface area contributed by atoms with Crippen LogP contribution in [-0.2, 0) is 14.2 Å². The van der Waals surface area contributed by atoms with E-state index in [0.29, 0.717) is 25.3 Å². The van der Waals surface area contributed by atoms with Crippen LogP contribution in [-0.4, -0.2) is 61.1 Å². The van der Waals surface area contributed by atoms with Crippen LogP contribution in [0.25, 0.3) is 0 Å². The maximum atomic E-state index is 11.2. The number of hydrogen-bond donors (Lipinski definition) is 2. The van der Waals surface area contributed by atoms with E-state index in [0.717, 1.165) is 6.42 Å². The fourth-order valence-corrected chi connectivity index (χ4v) is 2.70. The molecule has 9 nitrogen and oxygen atoms in total. The van der Waals surface area contributed by atoms with Crippen LogP contribution in [0.4, 0.5) is 5.82 Å². The number of guanidine groups is 1. The van der Waals surface area contributed by atoms with Gasteiger partial charge in [-0.3, -0.25) is 9.79 Å². The summed E-state index contributed by atoms with van der Waals surface area (Å²) in [5.41, 5.74) is 5.98. The number of carbonyl (C=O) groups excluding carboxylic acids is 1. The van der Waals surface area contributed by atoms with E-state index in [1.807, 2.05) is 4.57 Å². The number of hydrogen-bond acceptors (Lipinski definition) is 6. The van der Waals surface area contributed by atoms with Gasteiger partial charge < -0.3 is 29.8 Å². The molecule has 0 aromatic carbocycles. The molecule has 0 saturated carbocycles. The number of nitrogens with one attached hydrogen (secondary N) is 1. The van der Waals surface area contributed by atoms with Gasteiger partial charge in [-0.1, -0.05) is 0 Å². The number of rotatable bonds is 3. The summed E-state index contributed by atoms with van der Waals surface area (Å²) >= 11 is 0. The van der Waals surface area contributed by atoms with Gasteiger partial charge in [0.15, 0.2) is 12.2 Å². The number of nitrogens with zero attached hydrogens (tertiary/aromatic N) is 3. The quantitative estimate of drug-likeness (QED) is 0.450.